The Balaban J connectivity index is 2.27. The maximum Gasteiger partial charge on any atom is 0.129 e. The number of nitrogen functional groups attached to an aromatic ring is 1. The van der Waals surface area contributed by atoms with E-state index < -0.39 is 11.6 Å². The average molecular weight is 220 g/mol. The highest BCUT2D eigenvalue weighted by Gasteiger charge is 2.05. The fraction of sp³-hybridized carbons (Fsp3) is 0.0833. The maximum atomic E-state index is 13.3. The zero-order valence-corrected chi connectivity index (χ0v) is 8.45. The number of nitrogens with two attached hydrogens (primary N) is 1. The minimum Gasteiger partial charge on any atom is -0.384 e. The molecule has 2 N–H and O–H groups in total. The van der Waals surface area contributed by atoms with Crippen LogP contribution in [0.25, 0.3) is 0 Å². The van der Waals surface area contributed by atoms with E-state index in [4.69, 9.17) is 5.73 Å². The molecule has 0 aliphatic rings. The van der Waals surface area contributed by atoms with Gasteiger partial charge in [0.2, 0.25) is 0 Å². The Hall–Kier alpha value is -1.97. The van der Waals surface area contributed by atoms with Crippen molar-refractivity contribution in [3.8, 4) is 0 Å². The molecule has 0 atom stereocenters. The van der Waals surface area contributed by atoms with Crippen molar-refractivity contribution in [2.45, 2.75) is 6.42 Å². The van der Waals surface area contributed by atoms with Crippen LogP contribution in [0.5, 0.6) is 0 Å². The first-order valence-corrected chi connectivity index (χ1v) is 4.79. The summed E-state index contributed by atoms with van der Waals surface area (Å²) in [5, 5.41) is 0. The van der Waals surface area contributed by atoms with Crippen molar-refractivity contribution < 1.29 is 8.78 Å². The first kappa shape index (κ1) is 10.5. The molecule has 82 valence electrons. The molecule has 4 heteroatoms. The van der Waals surface area contributed by atoms with Gasteiger partial charge >= 0.3 is 0 Å². The normalized spacial score (nSPS) is 10.4. The molecule has 0 bridgehead atoms. The highest BCUT2D eigenvalue weighted by molar-refractivity contribution is 5.35. The second-order valence-electron chi connectivity index (χ2n) is 3.50. The van der Waals surface area contributed by atoms with Gasteiger partial charge in [-0.15, -0.1) is 0 Å². The Kier molecular flexibility index (Phi) is 2.81. The van der Waals surface area contributed by atoms with Crippen molar-refractivity contribution in [2.75, 3.05) is 5.73 Å². The van der Waals surface area contributed by atoms with Gasteiger partial charge in [-0.1, -0.05) is 6.07 Å². The Bertz CT molecular complexity index is 512. The first-order valence-electron chi connectivity index (χ1n) is 4.79. The summed E-state index contributed by atoms with van der Waals surface area (Å²) in [5.41, 5.74) is 6.79. The maximum absolute atomic E-state index is 13.3. The molecule has 0 saturated carbocycles. The molecule has 0 spiro atoms. The lowest BCUT2D eigenvalue weighted by atomic mass is 10.1. The Morgan fingerprint density at radius 3 is 2.62 bits per heavy atom. The van der Waals surface area contributed by atoms with Gasteiger partial charge in [0, 0.05) is 18.7 Å². The number of pyridine rings is 1. The molecule has 2 nitrogen and oxygen atoms in total. The number of anilines is 1. The minimum atomic E-state index is -0.574. The smallest absolute Gasteiger partial charge is 0.129 e. The molecule has 0 aliphatic carbocycles. The number of hydrogen-bond acceptors (Lipinski definition) is 2. The molecule has 0 unspecified atom stereocenters. The average Bonchev–Trinajstić information content (AvgIpc) is 2.22. The van der Waals surface area contributed by atoms with E-state index in [9.17, 15) is 8.78 Å². The molecule has 2 rings (SSSR count). The van der Waals surface area contributed by atoms with E-state index in [1.54, 1.807) is 18.3 Å². The molecule has 16 heavy (non-hydrogen) atoms. The van der Waals surface area contributed by atoms with Crippen molar-refractivity contribution in [1.29, 1.82) is 0 Å². The molecule has 0 aliphatic heterocycles. The van der Waals surface area contributed by atoms with E-state index in [1.165, 1.54) is 12.1 Å². The summed E-state index contributed by atoms with van der Waals surface area (Å²) in [6.45, 7) is 0. The first-order chi connectivity index (χ1) is 7.65. The zero-order chi connectivity index (χ0) is 11.5. The summed E-state index contributed by atoms with van der Waals surface area (Å²) in [7, 11) is 0. The van der Waals surface area contributed by atoms with E-state index in [-0.39, 0.29) is 0 Å². The topological polar surface area (TPSA) is 38.9 Å². The number of benzene rings is 1. The summed E-state index contributed by atoms with van der Waals surface area (Å²) in [5.74, 6) is -0.731. The van der Waals surface area contributed by atoms with Gasteiger partial charge in [0.25, 0.3) is 0 Å². The summed E-state index contributed by atoms with van der Waals surface area (Å²) in [6, 6.07) is 6.96. The Labute approximate surface area is 91.7 Å². The molecule has 0 fully saturated rings. The van der Waals surface area contributed by atoms with Crippen molar-refractivity contribution in [1.82, 2.24) is 4.98 Å². The number of aromatic nitrogens is 1. The quantitative estimate of drug-likeness (QED) is 0.844. The van der Waals surface area contributed by atoms with Crippen molar-refractivity contribution in [3.63, 3.8) is 0 Å². The van der Waals surface area contributed by atoms with E-state index in [1.807, 2.05) is 0 Å². The number of rotatable bonds is 2. The van der Waals surface area contributed by atoms with E-state index in [0.29, 0.717) is 17.8 Å². The second-order valence-corrected chi connectivity index (χ2v) is 3.50. The van der Waals surface area contributed by atoms with Crippen LogP contribution in [-0.2, 0) is 6.42 Å². The third-order valence-electron chi connectivity index (χ3n) is 2.26. The Morgan fingerprint density at radius 2 is 1.94 bits per heavy atom. The highest BCUT2D eigenvalue weighted by Crippen LogP contribution is 2.15. The Morgan fingerprint density at radius 1 is 1.12 bits per heavy atom. The van der Waals surface area contributed by atoms with Gasteiger partial charge in [-0.05, 0) is 29.3 Å². The summed E-state index contributed by atoms with van der Waals surface area (Å²) >= 11 is 0. The molecule has 1 aromatic carbocycles. The predicted octanol–water partition coefficient (Wildman–Crippen LogP) is 2.53. The van der Waals surface area contributed by atoms with Crippen LogP contribution in [0.2, 0.25) is 0 Å². The van der Waals surface area contributed by atoms with Crippen molar-refractivity contribution in [3.05, 3.63) is 59.3 Å². The molecular formula is C12H10F2N2. The molecule has 1 heterocycles. The summed E-state index contributed by atoms with van der Waals surface area (Å²) < 4.78 is 26.0. The largest absolute Gasteiger partial charge is 0.384 e. The lowest BCUT2D eigenvalue weighted by molar-refractivity contribution is 0.574. The van der Waals surface area contributed by atoms with Gasteiger partial charge in [-0.2, -0.15) is 0 Å². The van der Waals surface area contributed by atoms with E-state index in [2.05, 4.69) is 4.98 Å². The van der Waals surface area contributed by atoms with Gasteiger partial charge in [0.15, 0.2) is 0 Å². The van der Waals surface area contributed by atoms with Crippen LogP contribution < -0.4 is 5.73 Å². The van der Waals surface area contributed by atoms with Gasteiger partial charge in [-0.25, -0.2) is 13.8 Å². The molecule has 2 aromatic rings. The van der Waals surface area contributed by atoms with Gasteiger partial charge in [0.1, 0.15) is 17.5 Å². The second kappa shape index (κ2) is 4.26. The third-order valence-corrected chi connectivity index (χ3v) is 2.26. The number of hydrogen-bond donors (Lipinski definition) is 1. The number of nitrogens with zero attached hydrogens (tertiary/aromatic N) is 1. The van der Waals surface area contributed by atoms with Gasteiger partial charge in [0.05, 0.1) is 0 Å². The van der Waals surface area contributed by atoms with E-state index in [0.717, 1.165) is 11.6 Å². The molecule has 0 amide bonds. The van der Waals surface area contributed by atoms with Crippen LogP contribution in [-0.4, -0.2) is 4.98 Å². The molecule has 0 saturated heterocycles. The van der Waals surface area contributed by atoms with Crippen molar-refractivity contribution in [2.24, 2.45) is 0 Å². The third kappa shape index (κ3) is 2.34. The lowest BCUT2D eigenvalue weighted by Crippen LogP contribution is -1.96. The standard InChI is InChI=1S/C12H10F2N2/c13-10-2-1-9(11(14)7-10)5-8-3-4-16-12(15)6-8/h1-4,6-7H,5H2,(H2,15,16). The minimum absolute atomic E-state index is 0.374. The summed E-state index contributed by atoms with van der Waals surface area (Å²) in [4.78, 5) is 3.84. The van der Waals surface area contributed by atoms with Crippen LogP contribution in [0.4, 0.5) is 14.6 Å². The number of halogens is 2. The van der Waals surface area contributed by atoms with Crippen LogP contribution in [0.1, 0.15) is 11.1 Å². The van der Waals surface area contributed by atoms with E-state index >= 15 is 0 Å². The molecule has 1 aromatic heterocycles. The van der Waals surface area contributed by atoms with Crippen molar-refractivity contribution >= 4 is 5.82 Å². The molecular weight excluding hydrogens is 210 g/mol. The lowest BCUT2D eigenvalue weighted by Gasteiger charge is -2.04. The fourth-order valence-electron chi connectivity index (χ4n) is 1.49. The van der Waals surface area contributed by atoms with Gasteiger partial charge < -0.3 is 5.73 Å². The SMILES string of the molecule is Nc1cc(Cc2ccc(F)cc2F)ccn1. The van der Waals surface area contributed by atoms with Crippen LogP contribution in [0.3, 0.4) is 0 Å². The summed E-state index contributed by atoms with van der Waals surface area (Å²) in [6.07, 6.45) is 1.94. The monoisotopic (exact) mass is 220 g/mol. The van der Waals surface area contributed by atoms with Crippen LogP contribution in [0.15, 0.2) is 36.5 Å². The fourth-order valence-corrected chi connectivity index (χ4v) is 1.49. The van der Waals surface area contributed by atoms with Gasteiger partial charge in [-0.3, -0.25) is 0 Å². The van der Waals surface area contributed by atoms with Crippen LogP contribution in [0, 0.1) is 11.6 Å². The highest BCUT2D eigenvalue weighted by atomic mass is 19.1. The van der Waals surface area contributed by atoms with Crippen LogP contribution >= 0.6 is 0 Å². The zero-order valence-electron chi connectivity index (χ0n) is 8.45. The predicted molar refractivity (Wildman–Crippen MR) is 57.8 cm³/mol. The molecule has 0 radical (unpaired) electrons.